The predicted molar refractivity (Wildman–Crippen MR) is 70.3 cm³/mol. The van der Waals surface area contributed by atoms with Crippen molar-refractivity contribution in [1.82, 2.24) is 0 Å². The first-order chi connectivity index (χ1) is 8.55. The van der Waals surface area contributed by atoms with Crippen molar-refractivity contribution in [2.45, 2.75) is 70.3 Å². The highest BCUT2D eigenvalue weighted by Gasteiger charge is 2.50. The van der Waals surface area contributed by atoms with Crippen LogP contribution in [0.5, 0.6) is 0 Å². The van der Waals surface area contributed by atoms with Gasteiger partial charge in [0.15, 0.2) is 5.60 Å². The number of hydrogen-bond acceptors (Lipinski definition) is 2. The van der Waals surface area contributed by atoms with Crippen molar-refractivity contribution in [1.29, 1.82) is 0 Å². The molecule has 18 heavy (non-hydrogen) atoms. The van der Waals surface area contributed by atoms with Crippen molar-refractivity contribution in [2.75, 3.05) is 0 Å². The first-order valence-electron chi connectivity index (χ1n) is 7.51. The largest absolute Gasteiger partial charge is 0.479 e. The lowest BCUT2D eigenvalue weighted by atomic mass is 9.65. The van der Waals surface area contributed by atoms with Gasteiger partial charge in [-0.05, 0) is 43.4 Å². The van der Waals surface area contributed by atoms with Crippen LogP contribution < -0.4 is 0 Å². The summed E-state index contributed by atoms with van der Waals surface area (Å²) in [6, 6.07) is 0. The molecule has 2 aliphatic carbocycles. The van der Waals surface area contributed by atoms with Crippen LogP contribution in [0.4, 0.5) is 0 Å². The minimum absolute atomic E-state index is 0.0287. The van der Waals surface area contributed by atoms with E-state index in [4.69, 9.17) is 0 Å². The van der Waals surface area contributed by atoms with Gasteiger partial charge < -0.3 is 10.2 Å². The van der Waals surface area contributed by atoms with Crippen molar-refractivity contribution in [3.63, 3.8) is 0 Å². The summed E-state index contributed by atoms with van der Waals surface area (Å²) in [5.41, 5.74) is -1.46. The number of hydrogen-bond donors (Lipinski definition) is 2. The highest BCUT2D eigenvalue weighted by atomic mass is 16.4. The van der Waals surface area contributed by atoms with Gasteiger partial charge in [0.1, 0.15) is 0 Å². The van der Waals surface area contributed by atoms with Crippen LogP contribution in [0, 0.1) is 17.8 Å². The van der Waals surface area contributed by atoms with Gasteiger partial charge in [0, 0.05) is 0 Å². The van der Waals surface area contributed by atoms with Gasteiger partial charge in [-0.3, -0.25) is 0 Å². The fourth-order valence-electron chi connectivity index (χ4n) is 4.06. The van der Waals surface area contributed by atoms with Gasteiger partial charge in [0.05, 0.1) is 0 Å². The van der Waals surface area contributed by atoms with Gasteiger partial charge in [0.2, 0.25) is 0 Å². The van der Waals surface area contributed by atoms with Crippen LogP contribution >= 0.6 is 0 Å². The zero-order valence-corrected chi connectivity index (χ0v) is 11.4. The molecule has 0 amide bonds. The lowest BCUT2D eigenvalue weighted by Crippen LogP contribution is -2.53. The molecule has 3 nitrogen and oxygen atoms in total. The molecule has 2 N–H and O–H groups in total. The predicted octanol–water partition coefficient (Wildman–Crippen LogP) is 3.21. The number of aliphatic hydroxyl groups is 1. The zero-order chi connectivity index (χ0) is 13.2. The quantitative estimate of drug-likeness (QED) is 0.813. The van der Waals surface area contributed by atoms with Crippen molar-refractivity contribution < 1.29 is 15.0 Å². The highest BCUT2D eigenvalue weighted by Crippen LogP contribution is 2.44. The van der Waals surface area contributed by atoms with Gasteiger partial charge in [-0.25, -0.2) is 4.79 Å². The van der Waals surface area contributed by atoms with E-state index in [0.29, 0.717) is 5.92 Å². The minimum Gasteiger partial charge on any atom is -0.479 e. The van der Waals surface area contributed by atoms with Crippen molar-refractivity contribution in [3.8, 4) is 0 Å². The number of carbonyl (C=O) groups is 1. The summed E-state index contributed by atoms with van der Waals surface area (Å²) >= 11 is 0. The summed E-state index contributed by atoms with van der Waals surface area (Å²) in [4.78, 5) is 11.7. The molecule has 0 radical (unpaired) electrons. The zero-order valence-electron chi connectivity index (χ0n) is 11.4. The summed E-state index contributed by atoms with van der Waals surface area (Å²) in [5.74, 6) is -0.493. The SMILES string of the molecule is C[C@@H]1CCC[C@@H]([C@](O)(C(=O)O)C2CCCCC2)C1. The molecule has 0 aromatic heterocycles. The van der Waals surface area contributed by atoms with Crippen LogP contribution in [0.25, 0.3) is 0 Å². The second kappa shape index (κ2) is 5.60. The average molecular weight is 254 g/mol. The second-order valence-corrected chi connectivity index (χ2v) is 6.43. The van der Waals surface area contributed by atoms with Gasteiger partial charge in [-0.1, -0.05) is 39.0 Å². The van der Waals surface area contributed by atoms with Gasteiger partial charge >= 0.3 is 5.97 Å². The monoisotopic (exact) mass is 254 g/mol. The third-order valence-corrected chi connectivity index (χ3v) is 5.13. The standard InChI is InChI=1S/C15H26O3/c1-11-6-5-9-13(10-11)15(18,14(16)17)12-7-3-2-4-8-12/h11-13,18H,2-10H2,1H3,(H,16,17)/t11-,13-,15+/m1/s1. The Morgan fingerprint density at radius 3 is 2.17 bits per heavy atom. The Hall–Kier alpha value is -0.570. The summed E-state index contributed by atoms with van der Waals surface area (Å²) < 4.78 is 0. The van der Waals surface area contributed by atoms with Crippen LogP contribution in [0.1, 0.15) is 64.7 Å². The van der Waals surface area contributed by atoms with Crippen LogP contribution in [-0.4, -0.2) is 21.8 Å². The maximum atomic E-state index is 11.7. The summed E-state index contributed by atoms with van der Waals surface area (Å²) in [5, 5.41) is 20.4. The van der Waals surface area contributed by atoms with E-state index in [2.05, 4.69) is 6.92 Å². The molecule has 3 atom stereocenters. The number of rotatable bonds is 3. The van der Waals surface area contributed by atoms with Gasteiger partial charge in [0.25, 0.3) is 0 Å². The Labute approximate surface area is 110 Å². The molecular formula is C15H26O3. The maximum Gasteiger partial charge on any atom is 0.336 e. The Balaban J connectivity index is 2.16. The summed E-state index contributed by atoms with van der Waals surface area (Å²) in [6.07, 6.45) is 9.09. The molecule has 0 bridgehead atoms. The Kier molecular flexibility index (Phi) is 4.31. The third kappa shape index (κ3) is 2.56. The molecule has 2 saturated carbocycles. The fourth-order valence-corrected chi connectivity index (χ4v) is 4.06. The molecule has 0 aliphatic heterocycles. The molecule has 2 fully saturated rings. The highest BCUT2D eigenvalue weighted by molar-refractivity contribution is 5.78. The molecule has 0 aromatic carbocycles. The number of aliphatic carboxylic acids is 1. The molecule has 0 heterocycles. The van der Waals surface area contributed by atoms with Crippen LogP contribution in [0.15, 0.2) is 0 Å². The molecule has 3 heteroatoms. The lowest BCUT2D eigenvalue weighted by molar-refractivity contribution is -0.178. The average Bonchev–Trinajstić information content (AvgIpc) is 2.38. The van der Waals surface area contributed by atoms with E-state index in [1.807, 2.05) is 0 Å². The Morgan fingerprint density at radius 1 is 1.00 bits per heavy atom. The van der Waals surface area contributed by atoms with Gasteiger partial charge in [-0.2, -0.15) is 0 Å². The first-order valence-corrected chi connectivity index (χ1v) is 7.51. The maximum absolute atomic E-state index is 11.7. The topological polar surface area (TPSA) is 57.5 Å². The Morgan fingerprint density at radius 2 is 1.61 bits per heavy atom. The first kappa shape index (κ1) is 13.9. The molecule has 2 aliphatic rings. The molecule has 0 unspecified atom stereocenters. The van der Waals surface area contributed by atoms with Gasteiger partial charge in [-0.15, -0.1) is 0 Å². The molecule has 104 valence electrons. The van der Waals surface area contributed by atoms with Crippen molar-refractivity contribution >= 4 is 5.97 Å². The Bertz CT molecular complexity index is 296. The molecule has 0 aromatic rings. The second-order valence-electron chi connectivity index (χ2n) is 6.43. The molecule has 0 saturated heterocycles. The van der Waals surface area contributed by atoms with Crippen molar-refractivity contribution in [2.24, 2.45) is 17.8 Å². The van der Waals surface area contributed by atoms with E-state index in [-0.39, 0.29) is 11.8 Å². The van der Waals surface area contributed by atoms with Crippen LogP contribution in [0.2, 0.25) is 0 Å². The summed E-state index contributed by atoms with van der Waals surface area (Å²) in [7, 11) is 0. The number of carboxylic acids is 1. The minimum atomic E-state index is -1.46. The van der Waals surface area contributed by atoms with E-state index >= 15 is 0 Å². The van der Waals surface area contributed by atoms with E-state index < -0.39 is 11.6 Å². The smallest absolute Gasteiger partial charge is 0.336 e. The third-order valence-electron chi connectivity index (χ3n) is 5.13. The van der Waals surface area contributed by atoms with E-state index in [0.717, 1.165) is 44.9 Å². The fraction of sp³-hybridized carbons (Fsp3) is 0.933. The molecule has 0 spiro atoms. The van der Waals surface area contributed by atoms with Crippen molar-refractivity contribution in [3.05, 3.63) is 0 Å². The van der Waals surface area contributed by atoms with E-state index in [1.165, 1.54) is 12.8 Å². The normalized spacial score (nSPS) is 33.9. The molecule has 2 rings (SSSR count). The lowest BCUT2D eigenvalue weighted by Gasteiger charge is -2.43. The van der Waals surface area contributed by atoms with E-state index in [9.17, 15) is 15.0 Å². The van der Waals surface area contributed by atoms with Crippen LogP contribution in [-0.2, 0) is 4.79 Å². The van der Waals surface area contributed by atoms with Crippen LogP contribution in [0.3, 0.4) is 0 Å². The van der Waals surface area contributed by atoms with E-state index in [1.54, 1.807) is 0 Å². The molecular weight excluding hydrogens is 228 g/mol. The summed E-state index contributed by atoms with van der Waals surface area (Å²) in [6.45, 7) is 2.18. The number of carboxylic acid groups (broad SMARTS) is 1.